The molecule has 0 aliphatic carbocycles. The predicted octanol–water partition coefficient (Wildman–Crippen LogP) is 5.21. The Hall–Kier alpha value is -2.00. The highest BCUT2D eigenvalue weighted by Gasteiger charge is 1.86. The molecule has 122 valence electrons. The van der Waals surface area contributed by atoms with Gasteiger partial charge in [0.2, 0.25) is 0 Å². The summed E-state index contributed by atoms with van der Waals surface area (Å²) in [7, 11) is 0. The molecule has 0 spiro atoms. The summed E-state index contributed by atoms with van der Waals surface area (Å²) in [5, 5.41) is 0.736. The van der Waals surface area contributed by atoms with Crippen molar-refractivity contribution < 1.29 is 9.59 Å². The van der Waals surface area contributed by atoms with Crippen molar-refractivity contribution in [1.82, 2.24) is 0 Å². The van der Waals surface area contributed by atoms with Crippen molar-refractivity contribution in [2.24, 2.45) is 0 Å². The lowest BCUT2D eigenvalue weighted by Crippen LogP contribution is -1.78. The Balaban J connectivity index is 4.71. The molecule has 23 heavy (non-hydrogen) atoms. The van der Waals surface area contributed by atoms with Gasteiger partial charge in [-0.2, -0.15) is 0 Å². The lowest BCUT2D eigenvalue weighted by molar-refractivity contribution is -0.105. The number of hydrogen-bond acceptors (Lipinski definition) is 2. The molecule has 3 heteroatoms. The summed E-state index contributed by atoms with van der Waals surface area (Å²) >= 11 is 3.43. The zero-order valence-corrected chi connectivity index (χ0v) is 15.4. The number of halogens is 1. The first-order valence-electron chi connectivity index (χ1n) is 7.23. The number of rotatable bonds is 9. The Morgan fingerprint density at radius 3 is 1.70 bits per heavy atom. The highest BCUT2D eigenvalue weighted by atomic mass is 79.9. The van der Waals surface area contributed by atoms with Gasteiger partial charge in [-0.05, 0) is 37.5 Å². The average Bonchev–Trinajstić information content (AvgIpc) is 2.56. The monoisotopic (exact) mass is 374 g/mol. The summed E-state index contributed by atoms with van der Waals surface area (Å²) in [6, 6.07) is 0. The van der Waals surface area contributed by atoms with Gasteiger partial charge in [-0.15, -0.1) is 0 Å². The standard InChI is InChI=1S/C20H23BrO2/c1-17(9-6-10-18(2)15-22)8-4-5-12-20(14-21)13-7-11-19(3)16-23/h4-13,15-16H,14H2,1-3H3. The first-order valence-corrected chi connectivity index (χ1v) is 8.36. The molecule has 0 bridgehead atoms. The normalized spacial score (nSPS) is 15.1. The Bertz CT molecular complexity index is 597. The van der Waals surface area contributed by atoms with Crippen molar-refractivity contribution in [1.29, 1.82) is 0 Å². The second-order valence-electron chi connectivity index (χ2n) is 4.95. The quantitative estimate of drug-likeness (QED) is 0.240. The van der Waals surface area contributed by atoms with E-state index in [-0.39, 0.29) is 0 Å². The molecule has 0 unspecified atom stereocenters. The predicted molar refractivity (Wildman–Crippen MR) is 103 cm³/mol. The van der Waals surface area contributed by atoms with E-state index in [4.69, 9.17) is 0 Å². The van der Waals surface area contributed by atoms with Crippen LogP contribution in [-0.4, -0.2) is 17.9 Å². The molecule has 0 atom stereocenters. The van der Waals surface area contributed by atoms with Crippen LogP contribution >= 0.6 is 15.9 Å². The van der Waals surface area contributed by atoms with Crippen molar-refractivity contribution in [3.05, 3.63) is 83.1 Å². The molecule has 0 aliphatic heterocycles. The lowest BCUT2D eigenvalue weighted by Gasteiger charge is -1.92. The van der Waals surface area contributed by atoms with Gasteiger partial charge in [-0.1, -0.05) is 82.3 Å². The van der Waals surface area contributed by atoms with Crippen LogP contribution < -0.4 is 0 Å². The van der Waals surface area contributed by atoms with E-state index >= 15 is 0 Å². The van der Waals surface area contributed by atoms with Crippen LogP contribution in [0.15, 0.2) is 83.1 Å². The maximum Gasteiger partial charge on any atom is 0.145 e. The van der Waals surface area contributed by atoms with Crippen LogP contribution in [0.4, 0.5) is 0 Å². The number of carbonyl (C=O) groups is 2. The Morgan fingerprint density at radius 2 is 1.17 bits per heavy atom. The first kappa shape index (κ1) is 21.0. The second kappa shape index (κ2) is 13.6. The maximum absolute atomic E-state index is 10.5. The van der Waals surface area contributed by atoms with Crippen LogP contribution in [0.1, 0.15) is 20.8 Å². The fraction of sp³-hybridized carbons (Fsp3) is 0.200. The Kier molecular flexibility index (Phi) is 12.5. The molecule has 0 aromatic heterocycles. The van der Waals surface area contributed by atoms with Gasteiger partial charge in [0.1, 0.15) is 12.6 Å². The maximum atomic E-state index is 10.5. The third kappa shape index (κ3) is 12.2. The molecule has 0 amide bonds. The molecule has 0 rings (SSSR count). The summed E-state index contributed by atoms with van der Waals surface area (Å²) in [6.07, 6.45) is 20.7. The summed E-state index contributed by atoms with van der Waals surface area (Å²) in [4.78, 5) is 20.9. The zero-order valence-electron chi connectivity index (χ0n) is 13.8. The highest BCUT2D eigenvalue weighted by molar-refractivity contribution is 9.09. The number of alkyl halides is 1. The Labute approximate surface area is 147 Å². The molecular formula is C20H23BrO2. The van der Waals surface area contributed by atoms with Crippen molar-refractivity contribution >= 4 is 28.5 Å². The van der Waals surface area contributed by atoms with Crippen molar-refractivity contribution in [3.8, 4) is 0 Å². The smallest absolute Gasteiger partial charge is 0.145 e. The van der Waals surface area contributed by atoms with Crippen LogP contribution in [0.5, 0.6) is 0 Å². The molecule has 0 aliphatic rings. The van der Waals surface area contributed by atoms with Gasteiger partial charge < -0.3 is 0 Å². The fourth-order valence-electron chi connectivity index (χ4n) is 1.34. The third-order valence-corrected chi connectivity index (χ3v) is 3.34. The summed E-state index contributed by atoms with van der Waals surface area (Å²) in [6.45, 7) is 5.52. The molecule has 0 aromatic carbocycles. The molecule has 0 radical (unpaired) electrons. The number of allylic oxidation sites excluding steroid dienone is 14. The van der Waals surface area contributed by atoms with Gasteiger partial charge in [-0.25, -0.2) is 0 Å². The molecule has 0 heterocycles. The van der Waals surface area contributed by atoms with Crippen LogP contribution in [0.3, 0.4) is 0 Å². The molecule has 2 nitrogen and oxygen atoms in total. The van der Waals surface area contributed by atoms with Crippen LogP contribution in [0, 0.1) is 0 Å². The molecule has 0 fully saturated rings. The summed E-state index contributed by atoms with van der Waals surface area (Å²) < 4.78 is 0. The van der Waals surface area contributed by atoms with E-state index in [2.05, 4.69) is 15.9 Å². The van der Waals surface area contributed by atoms with Gasteiger partial charge in [0.25, 0.3) is 0 Å². The number of carbonyl (C=O) groups excluding carboxylic acids is 2. The van der Waals surface area contributed by atoms with Gasteiger partial charge >= 0.3 is 0 Å². The van der Waals surface area contributed by atoms with Gasteiger partial charge in [0.15, 0.2) is 0 Å². The van der Waals surface area contributed by atoms with Crippen LogP contribution in [0.25, 0.3) is 0 Å². The van der Waals surface area contributed by atoms with E-state index in [0.717, 1.165) is 29.0 Å². The number of aldehydes is 2. The number of hydrogen-bond donors (Lipinski definition) is 0. The Morgan fingerprint density at radius 1 is 0.696 bits per heavy atom. The van der Waals surface area contributed by atoms with Gasteiger partial charge in [-0.3, -0.25) is 9.59 Å². The molecular weight excluding hydrogens is 352 g/mol. The fourth-order valence-corrected chi connectivity index (χ4v) is 1.71. The van der Waals surface area contributed by atoms with E-state index in [1.54, 1.807) is 26.0 Å². The van der Waals surface area contributed by atoms with E-state index in [1.807, 2.05) is 55.5 Å². The topological polar surface area (TPSA) is 34.1 Å². The van der Waals surface area contributed by atoms with Crippen molar-refractivity contribution in [3.63, 3.8) is 0 Å². The van der Waals surface area contributed by atoms with Crippen LogP contribution in [0.2, 0.25) is 0 Å². The largest absolute Gasteiger partial charge is 0.298 e. The van der Waals surface area contributed by atoms with E-state index in [0.29, 0.717) is 11.1 Å². The van der Waals surface area contributed by atoms with E-state index in [9.17, 15) is 9.59 Å². The highest BCUT2D eigenvalue weighted by Crippen LogP contribution is 2.04. The zero-order chi connectivity index (χ0) is 17.5. The molecule has 0 aromatic rings. The summed E-state index contributed by atoms with van der Waals surface area (Å²) in [5.41, 5.74) is 3.57. The van der Waals surface area contributed by atoms with Gasteiger partial charge in [0.05, 0.1) is 0 Å². The molecule has 0 saturated carbocycles. The minimum Gasteiger partial charge on any atom is -0.298 e. The van der Waals surface area contributed by atoms with Crippen molar-refractivity contribution in [2.75, 3.05) is 5.33 Å². The van der Waals surface area contributed by atoms with Crippen molar-refractivity contribution in [2.45, 2.75) is 20.8 Å². The SMILES string of the molecule is CC(C=O)=CC=CC(C)=CC=CC=C(C=CC=C(C)C=O)CBr. The minimum atomic E-state index is 0.690. The van der Waals surface area contributed by atoms with E-state index < -0.39 is 0 Å². The van der Waals surface area contributed by atoms with E-state index in [1.165, 1.54) is 0 Å². The minimum absolute atomic E-state index is 0.690. The van der Waals surface area contributed by atoms with Gasteiger partial charge in [0, 0.05) is 5.33 Å². The third-order valence-electron chi connectivity index (χ3n) is 2.69. The first-order chi connectivity index (χ1) is 11.0. The molecule has 0 saturated heterocycles. The average molecular weight is 375 g/mol. The lowest BCUT2D eigenvalue weighted by atomic mass is 10.2. The molecule has 0 N–H and O–H groups in total. The second-order valence-corrected chi connectivity index (χ2v) is 5.51. The van der Waals surface area contributed by atoms with Crippen LogP contribution in [-0.2, 0) is 9.59 Å². The summed E-state index contributed by atoms with van der Waals surface area (Å²) in [5.74, 6) is 0.